The maximum Gasteiger partial charge on any atom is 0.272 e. The molecule has 0 aliphatic rings. The molecule has 1 N–H and O–H groups in total. The van der Waals surface area contributed by atoms with Gasteiger partial charge in [0.15, 0.2) is 0 Å². The van der Waals surface area contributed by atoms with Crippen LogP contribution in [-0.2, 0) is 6.54 Å². The predicted octanol–water partition coefficient (Wildman–Crippen LogP) is 5.02. The van der Waals surface area contributed by atoms with Crippen molar-refractivity contribution < 1.29 is 4.79 Å². The molecule has 1 aromatic heterocycles. The van der Waals surface area contributed by atoms with Crippen LogP contribution in [0.4, 0.5) is 5.69 Å². The smallest absolute Gasteiger partial charge is 0.272 e. The summed E-state index contributed by atoms with van der Waals surface area (Å²) >= 11 is 0. The maximum atomic E-state index is 12.9. The fourth-order valence-electron chi connectivity index (χ4n) is 3.06. The first-order valence-corrected chi connectivity index (χ1v) is 8.54. The predicted molar refractivity (Wildman–Crippen MR) is 103 cm³/mol. The quantitative estimate of drug-likeness (QED) is 0.715. The Balaban J connectivity index is 1.88. The molecule has 3 nitrogen and oxygen atoms in total. The van der Waals surface area contributed by atoms with E-state index in [4.69, 9.17) is 0 Å². The summed E-state index contributed by atoms with van der Waals surface area (Å²) in [6.07, 6.45) is 0. The van der Waals surface area contributed by atoms with Crippen LogP contribution in [0, 0.1) is 27.7 Å². The maximum absolute atomic E-state index is 12.9. The molecular formula is C22H24N2O. The highest BCUT2D eigenvalue weighted by atomic mass is 16.2. The van der Waals surface area contributed by atoms with Gasteiger partial charge in [0.25, 0.3) is 5.91 Å². The van der Waals surface area contributed by atoms with Crippen LogP contribution < -0.4 is 5.32 Å². The highest BCUT2D eigenvalue weighted by Gasteiger charge is 2.17. The summed E-state index contributed by atoms with van der Waals surface area (Å²) in [6, 6.07) is 18.4. The Morgan fingerprint density at radius 2 is 1.44 bits per heavy atom. The Kier molecular flexibility index (Phi) is 4.75. The zero-order valence-corrected chi connectivity index (χ0v) is 15.3. The van der Waals surface area contributed by atoms with Crippen LogP contribution in [0.15, 0.2) is 54.6 Å². The van der Waals surface area contributed by atoms with Gasteiger partial charge in [-0.1, -0.05) is 47.5 Å². The minimum atomic E-state index is -0.0680. The van der Waals surface area contributed by atoms with E-state index in [1.54, 1.807) is 0 Å². The molecule has 0 saturated carbocycles. The molecule has 3 rings (SSSR count). The molecule has 2 aromatic carbocycles. The Morgan fingerprint density at radius 3 is 2.04 bits per heavy atom. The van der Waals surface area contributed by atoms with Gasteiger partial charge in [0.1, 0.15) is 5.69 Å². The van der Waals surface area contributed by atoms with Crippen molar-refractivity contribution in [3.05, 3.63) is 88.2 Å². The molecule has 25 heavy (non-hydrogen) atoms. The molecule has 1 amide bonds. The van der Waals surface area contributed by atoms with Gasteiger partial charge in [0, 0.05) is 17.9 Å². The fraction of sp³-hybridized carbons (Fsp3) is 0.227. The van der Waals surface area contributed by atoms with Gasteiger partial charge < -0.3 is 9.88 Å². The van der Waals surface area contributed by atoms with Gasteiger partial charge in [-0.15, -0.1) is 0 Å². The molecule has 0 bridgehead atoms. The van der Waals surface area contributed by atoms with E-state index in [-0.39, 0.29) is 5.91 Å². The van der Waals surface area contributed by atoms with Gasteiger partial charge >= 0.3 is 0 Å². The lowest BCUT2D eigenvalue weighted by molar-refractivity contribution is 0.101. The van der Waals surface area contributed by atoms with E-state index in [1.165, 1.54) is 16.7 Å². The molecule has 3 heteroatoms. The van der Waals surface area contributed by atoms with Gasteiger partial charge in [-0.3, -0.25) is 4.79 Å². The largest absolute Gasteiger partial charge is 0.336 e. The van der Waals surface area contributed by atoms with Crippen molar-refractivity contribution in [2.24, 2.45) is 0 Å². The van der Waals surface area contributed by atoms with E-state index in [9.17, 15) is 4.79 Å². The summed E-state index contributed by atoms with van der Waals surface area (Å²) in [5.41, 5.74) is 7.22. The highest BCUT2D eigenvalue weighted by Crippen LogP contribution is 2.19. The lowest BCUT2D eigenvalue weighted by Crippen LogP contribution is -2.19. The van der Waals surface area contributed by atoms with E-state index in [1.807, 2.05) is 45.0 Å². The second kappa shape index (κ2) is 6.98. The van der Waals surface area contributed by atoms with E-state index in [0.717, 1.165) is 22.6 Å². The normalized spacial score (nSPS) is 10.7. The van der Waals surface area contributed by atoms with Crippen molar-refractivity contribution in [3.63, 3.8) is 0 Å². The molecule has 0 aliphatic carbocycles. The number of hydrogen-bond donors (Lipinski definition) is 1. The van der Waals surface area contributed by atoms with Crippen LogP contribution in [0.5, 0.6) is 0 Å². The molecule has 1 heterocycles. The monoisotopic (exact) mass is 332 g/mol. The zero-order valence-electron chi connectivity index (χ0n) is 15.3. The third-order valence-electron chi connectivity index (χ3n) is 4.48. The Morgan fingerprint density at radius 1 is 0.880 bits per heavy atom. The molecule has 0 atom stereocenters. The molecule has 0 radical (unpaired) electrons. The van der Waals surface area contributed by atoms with Crippen molar-refractivity contribution >= 4 is 11.6 Å². The van der Waals surface area contributed by atoms with Gasteiger partial charge in [0.05, 0.1) is 0 Å². The van der Waals surface area contributed by atoms with Gasteiger partial charge in [-0.25, -0.2) is 0 Å². The number of hydrogen-bond acceptors (Lipinski definition) is 1. The number of benzene rings is 2. The molecule has 0 aliphatic heterocycles. The number of carbonyl (C=O) groups excluding carboxylic acids is 1. The number of aromatic nitrogens is 1. The summed E-state index contributed by atoms with van der Waals surface area (Å²) in [5, 5.41) is 3.02. The lowest BCUT2D eigenvalue weighted by atomic mass is 10.1. The number of rotatable bonds is 4. The van der Waals surface area contributed by atoms with Gasteiger partial charge in [-0.05, 0) is 57.0 Å². The molecule has 0 fully saturated rings. The fourth-order valence-corrected chi connectivity index (χ4v) is 3.06. The van der Waals surface area contributed by atoms with Crippen molar-refractivity contribution in [2.75, 3.05) is 5.32 Å². The van der Waals surface area contributed by atoms with Crippen molar-refractivity contribution in [1.29, 1.82) is 0 Å². The van der Waals surface area contributed by atoms with E-state index in [2.05, 4.69) is 47.1 Å². The van der Waals surface area contributed by atoms with E-state index in [0.29, 0.717) is 6.54 Å². The zero-order chi connectivity index (χ0) is 18.0. The second-order valence-electron chi connectivity index (χ2n) is 6.71. The summed E-state index contributed by atoms with van der Waals surface area (Å²) in [6.45, 7) is 8.84. The number of nitrogens with zero attached hydrogens (tertiary/aromatic N) is 1. The number of anilines is 1. The Hall–Kier alpha value is -2.81. The van der Waals surface area contributed by atoms with Gasteiger partial charge in [-0.2, -0.15) is 0 Å². The van der Waals surface area contributed by atoms with Crippen LogP contribution in [0.1, 0.15) is 38.4 Å². The Labute approximate surface area is 149 Å². The summed E-state index contributed by atoms with van der Waals surface area (Å²) in [5.74, 6) is -0.0680. The number of aryl methyl sites for hydroxylation is 4. The third kappa shape index (κ3) is 3.82. The standard InChI is InChI=1S/C22H24N2O/c1-15-5-9-19(10-6-15)14-24-18(4)13-17(3)21(24)22(25)23-20-11-7-16(2)8-12-20/h5-13H,14H2,1-4H3,(H,23,25). The van der Waals surface area contributed by atoms with Crippen LogP contribution in [0.2, 0.25) is 0 Å². The Bertz CT molecular complexity index is 887. The molecule has 128 valence electrons. The summed E-state index contributed by atoms with van der Waals surface area (Å²) < 4.78 is 2.09. The van der Waals surface area contributed by atoms with Crippen molar-refractivity contribution in [1.82, 2.24) is 4.57 Å². The average Bonchev–Trinajstić information content (AvgIpc) is 2.85. The molecule has 0 unspecified atom stereocenters. The minimum Gasteiger partial charge on any atom is -0.336 e. The average molecular weight is 332 g/mol. The number of nitrogens with one attached hydrogen (secondary N) is 1. The number of carbonyl (C=O) groups is 1. The highest BCUT2D eigenvalue weighted by molar-refractivity contribution is 6.04. The van der Waals surface area contributed by atoms with Crippen LogP contribution >= 0.6 is 0 Å². The molecule has 0 saturated heterocycles. The van der Waals surface area contributed by atoms with Crippen molar-refractivity contribution in [2.45, 2.75) is 34.2 Å². The minimum absolute atomic E-state index is 0.0680. The lowest BCUT2D eigenvalue weighted by Gasteiger charge is -2.13. The second-order valence-corrected chi connectivity index (χ2v) is 6.71. The summed E-state index contributed by atoms with van der Waals surface area (Å²) in [4.78, 5) is 12.9. The van der Waals surface area contributed by atoms with Crippen molar-refractivity contribution in [3.8, 4) is 0 Å². The number of amides is 1. The van der Waals surface area contributed by atoms with Crippen LogP contribution in [0.3, 0.4) is 0 Å². The third-order valence-corrected chi connectivity index (χ3v) is 4.48. The SMILES string of the molecule is Cc1ccc(Cn2c(C)cc(C)c2C(=O)Nc2ccc(C)cc2)cc1. The first-order chi connectivity index (χ1) is 11.9. The summed E-state index contributed by atoms with van der Waals surface area (Å²) in [7, 11) is 0. The molecule has 3 aromatic rings. The topological polar surface area (TPSA) is 34.0 Å². The van der Waals surface area contributed by atoms with Crippen LogP contribution in [0.25, 0.3) is 0 Å². The van der Waals surface area contributed by atoms with Crippen LogP contribution in [-0.4, -0.2) is 10.5 Å². The first-order valence-electron chi connectivity index (χ1n) is 8.54. The first kappa shape index (κ1) is 17.0. The van der Waals surface area contributed by atoms with Gasteiger partial charge in [0.2, 0.25) is 0 Å². The molecule has 0 spiro atoms. The molecular weight excluding hydrogens is 308 g/mol. The van der Waals surface area contributed by atoms with E-state index >= 15 is 0 Å². The van der Waals surface area contributed by atoms with E-state index < -0.39 is 0 Å².